The summed E-state index contributed by atoms with van der Waals surface area (Å²) in [6.45, 7) is 10.4. The molecular formula is C20H26N4O2S2. The summed E-state index contributed by atoms with van der Waals surface area (Å²) in [6.07, 6.45) is 2.10. The van der Waals surface area contributed by atoms with Gasteiger partial charge >= 0.3 is 6.09 Å². The number of carbonyl (C=O) groups excluding carboxylic acids is 1. The zero-order valence-electron chi connectivity index (χ0n) is 16.8. The van der Waals surface area contributed by atoms with Crippen molar-refractivity contribution < 1.29 is 9.53 Å². The average Bonchev–Trinajstić information content (AvgIpc) is 3.20. The van der Waals surface area contributed by atoms with Crippen molar-refractivity contribution in [2.45, 2.75) is 59.2 Å². The van der Waals surface area contributed by atoms with E-state index in [4.69, 9.17) is 4.74 Å². The molecule has 0 aromatic carbocycles. The summed E-state index contributed by atoms with van der Waals surface area (Å²) in [5.74, 6) is 0. The molecule has 1 atom stereocenters. The number of hydrogen-bond acceptors (Lipinski definition) is 7. The summed E-state index contributed by atoms with van der Waals surface area (Å²) in [7, 11) is 0. The summed E-state index contributed by atoms with van der Waals surface area (Å²) in [6, 6.07) is 4.12. The standard InChI is InChI=1S/C20H26N4O2S2/c1-12(23-19(25)26-20(3,4)5)9-16-13(2)17-18(28-16)15(11-22-24-17)21-10-14-7-6-8-27-14/h6-8,11-12H,9-10H2,1-5H3,(H,21,24)(H,23,25)/t12-/m0/s1. The zero-order valence-corrected chi connectivity index (χ0v) is 18.5. The number of nitrogens with zero attached hydrogens (tertiary/aromatic N) is 2. The second-order valence-corrected chi connectivity index (χ2v) is 9.91. The molecule has 28 heavy (non-hydrogen) atoms. The minimum atomic E-state index is -0.504. The molecule has 0 fully saturated rings. The molecule has 1 amide bonds. The number of fused-ring (bicyclic) bond motifs is 1. The molecule has 0 unspecified atom stereocenters. The molecule has 0 aliphatic heterocycles. The molecular weight excluding hydrogens is 392 g/mol. The Kier molecular flexibility index (Phi) is 6.20. The summed E-state index contributed by atoms with van der Waals surface area (Å²) < 4.78 is 6.44. The molecule has 0 radical (unpaired) electrons. The van der Waals surface area contributed by atoms with E-state index in [9.17, 15) is 4.79 Å². The van der Waals surface area contributed by atoms with Crippen LogP contribution in [-0.2, 0) is 17.7 Å². The zero-order chi connectivity index (χ0) is 20.3. The molecule has 3 aromatic heterocycles. The number of thiophene rings is 2. The first kappa shape index (κ1) is 20.5. The second-order valence-electron chi connectivity index (χ2n) is 7.77. The molecule has 3 aromatic rings. The van der Waals surface area contributed by atoms with Gasteiger partial charge in [-0.1, -0.05) is 6.07 Å². The van der Waals surface area contributed by atoms with Crippen LogP contribution in [0.2, 0.25) is 0 Å². The van der Waals surface area contributed by atoms with Crippen LogP contribution in [0.1, 0.15) is 43.0 Å². The highest BCUT2D eigenvalue weighted by Crippen LogP contribution is 2.35. The third-order valence-electron chi connectivity index (χ3n) is 4.09. The molecule has 0 aliphatic rings. The fourth-order valence-corrected chi connectivity index (χ4v) is 4.81. The minimum Gasteiger partial charge on any atom is -0.444 e. The molecule has 0 saturated heterocycles. The van der Waals surface area contributed by atoms with Gasteiger partial charge in [0.05, 0.1) is 16.6 Å². The van der Waals surface area contributed by atoms with E-state index in [2.05, 4.69) is 45.3 Å². The van der Waals surface area contributed by atoms with Crippen LogP contribution in [0.4, 0.5) is 10.5 Å². The Bertz CT molecular complexity index is 945. The highest BCUT2D eigenvalue weighted by molar-refractivity contribution is 7.19. The SMILES string of the molecule is Cc1c(C[C@H](C)NC(=O)OC(C)(C)C)sc2c(NCc3cccs3)cnnc12. The van der Waals surface area contributed by atoms with Crippen LogP contribution in [0.3, 0.4) is 0 Å². The third kappa shape index (κ3) is 5.20. The predicted octanol–water partition coefficient (Wildman–Crippen LogP) is 5.13. The summed E-state index contributed by atoms with van der Waals surface area (Å²) in [5.41, 5.74) is 2.52. The fraction of sp³-hybridized carbons (Fsp3) is 0.450. The van der Waals surface area contributed by atoms with Gasteiger partial charge in [-0.2, -0.15) is 5.10 Å². The maximum Gasteiger partial charge on any atom is 0.407 e. The lowest BCUT2D eigenvalue weighted by Crippen LogP contribution is -2.38. The van der Waals surface area contributed by atoms with Crippen LogP contribution < -0.4 is 10.6 Å². The molecule has 0 bridgehead atoms. The highest BCUT2D eigenvalue weighted by atomic mass is 32.1. The van der Waals surface area contributed by atoms with Gasteiger partial charge in [0.2, 0.25) is 0 Å². The van der Waals surface area contributed by atoms with Gasteiger partial charge < -0.3 is 15.4 Å². The van der Waals surface area contributed by atoms with E-state index < -0.39 is 11.7 Å². The number of alkyl carbamates (subject to hydrolysis) is 1. The van der Waals surface area contributed by atoms with Gasteiger partial charge in [-0.05, 0) is 51.6 Å². The van der Waals surface area contributed by atoms with Crippen LogP contribution >= 0.6 is 22.7 Å². The maximum absolute atomic E-state index is 12.0. The Labute approximate surface area is 173 Å². The van der Waals surface area contributed by atoms with Crippen LogP contribution in [0, 0.1) is 6.92 Å². The smallest absolute Gasteiger partial charge is 0.407 e. The number of nitrogens with one attached hydrogen (secondary N) is 2. The number of anilines is 1. The Morgan fingerprint density at radius 2 is 2.14 bits per heavy atom. The molecule has 3 rings (SSSR count). The van der Waals surface area contributed by atoms with E-state index in [0.29, 0.717) is 0 Å². The second kappa shape index (κ2) is 8.45. The number of amides is 1. The van der Waals surface area contributed by atoms with Gasteiger partial charge in [-0.25, -0.2) is 4.79 Å². The van der Waals surface area contributed by atoms with Gasteiger partial charge in [0, 0.05) is 28.8 Å². The van der Waals surface area contributed by atoms with E-state index in [1.165, 1.54) is 9.75 Å². The van der Waals surface area contributed by atoms with Crippen molar-refractivity contribution in [1.29, 1.82) is 0 Å². The number of ether oxygens (including phenoxy) is 1. The number of carbonyl (C=O) groups is 1. The first-order valence-electron chi connectivity index (χ1n) is 9.22. The van der Waals surface area contributed by atoms with Crippen molar-refractivity contribution in [1.82, 2.24) is 15.5 Å². The van der Waals surface area contributed by atoms with Crippen molar-refractivity contribution in [2.75, 3.05) is 5.32 Å². The maximum atomic E-state index is 12.0. The largest absolute Gasteiger partial charge is 0.444 e. The van der Waals surface area contributed by atoms with Crippen molar-refractivity contribution in [3.8, 4) is 0 Å². The first-order chi connectivity index (χ1) is 13.2. The molecule has 0 spiro atoms. The van der Waals surface area contributed by atoms with Gasteiger partial charge in [-0.15, -0.1) is 27.8 Å². The molecule has 8 heteroatoms. The summed E-state index contributed by atoms with van der Waals surface area (Å²) in [5, 5.41) is 17.0. The number of hydrogen-bond donors (Lipinski definition) is 2. The third-order valence-corrected chi connectivity index (χ3v) is 6.30. The monoisotopic (exact) mass is 418 g/mol. The summed E-state index contributed by atoms with van der Waals surface area (Å²) in [4.78, 5) is 14.5. The van der Waals surface area contributed by atoms with E-state index in [1.54, 1.807) is 28.9 Å². The summed E-state index contributed by atoms with van der Waals surface area (Å²) >= 11 is 3.43. The topological polar surface area (TPSA) is 76.1 Å². The molecule has 2 N–H and O–H groups in total. The normalized spacial score (nSPS) is 12.8. The van der Waals surface area contributed by atoms with Crippen molar-refractivity contribution in [3.63, 3.8) is 0 Å². The van der Waals surface area contributed by atoms with Crippen LogP contribution in [0.15, 0.2) is 23.7 Å². The Hall–Kier alpha value is -2.19. The molecule has 6 nitrogen and oxygen atoms in total. The van der Waals surface area contributed by atoms with Crippen LogP contribution in [0.5, 0.6) is 0 Å². The van der Waals surface area contributed by atoms with Gasteiger partial charge in [0.25, 0.3) is 0 Å². The van der Waals surface area contributed by atoms with Crippen molar-refractivity contribution in [3.05, 3.63) is 39.0 Å². The van der Waals surface area contributed by atoms with Crippen molar-refractivity contribution >= 4 is 44.7 Å². The molecule has 150 valence electrons. The van der Waals surface area contributed by atoms with Gasteiger partial charge in [0.15, 0.2) is 0 Å². The van der Waals surface area contributed by atoms with E-state index in [0.717, 1.165) is 34.4 Å². The lowest BCUT2D eigenvalue weighted by atomic mass is 10.1. The Morgan fingerprint density at radius 1 is 1.36 bits per heavy atom. The lowest BCUT2D eigenvalue weighted by molar-refractivity contribution is 0.0508. The van der Waals surface area contributed by atoms with E-state index in [1.807, 2.05) is 27.7 Å². The lowest BCUT2D eigenvalue weighted by Gasteiger charge is -2.21. The van der Waals surface area contributed by atoms with Gasteiger partial charge in [-0.3, -0.25) is 0 Å². The predicted molar refractivity (Wildman–Crippen MR) is 116 cm³/mol. The molecule has 0 aliphatic carbocycles. The first-order valence-corrected chi connectivity index (χ1v) is 10.9. The van der Waals surface area contributed by atoms with E-state index >= 15 is 0 Å². The fourth-order valence-electron chi connectivity index (χ4n) is 2.81. The number of rotatable bonds is 6. The Morgan fingerprint density at radius 3 is 2.82 bits per heavy atom. The average molecular weight is 419 g/mol. The molecule has 3 heterocycles. The molecule has 0 saturated carbocycles. The quantitative estimate of drug-likeness (QED) is 0.580. The van der Waals surface area contributed by atoms with Gasteiger partial charge in [0.1, 0.15) is 11.1 Å². The minimum absolute atomic E-state index is 0.0444. The van der Waals surface area contributed by atoms with Crippen molar-refractivity contribution in [2.24, 2.45) is 0 Å². The number of aryl methyl sites for hydroxylation is 1. The highest BCUT2D eigenvalue weighted by Gasteiger charge is 2.20. The Balaban J connectivity index is 1.72. The van der Waals surface area contributed by atoms with Crippen LogP contribution in [0.25, 0.3) is 10.2 Å². The van der Waals surface area contributed by atoms with Crippen LogP contribution in [-0.4, -0.2) is 27.9 Å². The number of aromatic nitrogens is 2. The van der Waals surface area contributed by atoms with E-state index in [-0.39, 0.29) is 6.04 Å².